The number of amides is 3. The molecule has 0 aliphatic carbocycles. The second kappa shape index (κ2) is 9.16. The SMILES string of the molecule is NC(=O)[C@H](Cc1ccc(I)cc1)NC(=O)CNC(=O)c1ccccc1. The summed E-state index contributed by atoms with van der Waals surface area (Å²) >= 11 is 2.18. The Kier molecular flexibility index (Phi) is 6.93. The van der Waals surface area contributed by atoms with Crippen LogP contribution in [0.25, 0.3) is 0 Å². The lowest BCUT2D eigenvalue weighted by molar-refractivity contribution is -0.126. The lowest BCUT2D eigenvalue weighted by Gasteiger charge is -2.16. The number of benzene rings is 2. The van der Waals surface area contributed by atoms with E-state index in [9.17, 15) is 14.4 Å². The summed E-state index contributed by atoms with van der Waals surface area (Å²) in [6.07, 6.45) is 0.296. The predicted octanol–water partition coefficient (Wildman–Crippen LogP) is 1.23. The summed E-state index contributed by atoms with van der Waals surface area (Å²) in [5.41, 5.74) is 6.71. The number of rotatable bonds is 7. The van der Waals surface area contributed by atoms with Crippen LogP contribution in [0.4, 0.5) is 0 Å². The van der Waals surface area contributed by atoms with Gasteiger partial charge in [0.2, 0.25) is 11.8 Å². The van der Waals surface area contributed by atoms with E-state index in [1.54, 1.807) is 30.3 Å². The molecule has 25 heavy (non-hydrogen) atoms. The molecular formula is C18H18IN3O3. The van der Waals surface area contributed by atoms with Gasteiger partial charge in [0, 0.05) is 15.6 Å². The van der Waals surface area contributed by atoms with Crippen molar-refractivity contribution in [2.45, 2.75) is 12.5 Å². The minimum atomic E-state index is -0.832. The Bertz CT molecular complexity index is 748. The van der Waals surface area contributed by atoms with Gasteiger partial charge in [-0.1, -0.05) is 30.3 Å². The predicted molar refractivity (Wildman–Crippen MR) is 103 cm³/mol. The Morgan fingerprint density at radius 1 is 1.00 bits per heavy atom. The van der Waals surface area contributed by atoms with Crippen LogP contribution in [0.3, 0.4) is 0 Å². The number of carbonyl (C=O) groups is 3. The first-order valence-electron chi connectivity index (χ1n) is 7.62. The molecule has 130 valence electrons. The van der Waals surface area contributed by atoms with Gasteiger partial charge in [0.15, 0.2) is 0 Å². The molecule has 0 saturated carbocycles. The molecule has 2 rings (SSSR count). The third-order valence-corrected chi connectivity index (χ3v) is 4.20. The van der Waals surface area contributed by atoms with Gasteiger partial charge in [-0.05, 0) is 52.4 Å². The smallest absolute Gasteiger partial charge is 0.251 e. The van der Waals surface area contributed by atoms with Crippen LogP contribution in [0.2, 0.25) is 0 Å². The van der Waals surface area contributed by atoms with Gasteiger partial charge in [-0.15, -0.1) is 0 Å². The quantitative estimate of drug-likeness (QED) is 0.553. The molecule has 3 amide bonds. The van der Waals surface area contributed by atoms with E-state index < -0.39 is 17.9 Å². The molecule has 0 aliphatic rings. The maximum absolute atomic E-state index is 12.0. The maximum Gasteiger partial charge on any atom is 0.251 e. The second-order valence-corrected chi connectivity index (χ2v) is 6.65. The van der Waals surface area contributed by atoms with Crippen LogP contribution in [0, 0.1) is 3.57 Å². The molecule has 2 aromatic carbocycles. The fourth-order valence-corrected chi connectivity index (χ4v) is 2.54. The molecule has 0 aromatic heterocycles. The lowest BCUT2D eigenvalue weighted by atomic mass is 10.1. The first-order valence-corrected chi connectivity index (χ1v) is 8.70. The van der Waals surface area contributed by atoms with Gasteiger partial charge in [-0.2, -0.15) is 0 Å². The average molecular weight is 451 g/mol. The van der Waals surface area contributed by atoms with E-state index in [0.717, 1.165) is 9.13 Å². The zero-order chi connectivity index (χ0) is 18.2. The van der Waals surface area contributed by atoms with Crippen LogP contribution in [0.1, 0.15) is 15.9 Å². The standard InChI is InChI=1S/C18H18IN3O3/c19-14-8-6-12(7-9-14)10-15(17(20)24)22-16(23)11-21-18(25)13-4-2-1-3-5-13/h1-9,15H,10-11H2,(H2,20,24)(H,21,25)(H,22,23)/t15-/m0/s1. The molecule has 7 heteroatoms. The molecule has 0 heterocycles. The minimum Gasteiger partial charge on any atom is -0.368 e. The fourth-order valence-electron chi connectivity index (χ4n) is 2.18. The van der Waals surface area contributed by atoms with Crippen molar-refractivity contribution in [2.75, 3.05) is 6.54 Å². The summed E-state index contributed by atoms with van der Waals surface area (Å²) in [4.78, 5) is 35.5. The average Bonchev–Trinajstić information content (AvgIpc) is 2.61. The molecule has 1 atom stereocenters. The highest BCUT2D eigenvalue weighted by atomic mass is 127. The van der Waals surface area contributed by atoms with Crippen molar-refractivity contribution in [1.82, 2.24) is 10.6 Å². The van der Waals surface area contributed by atoms with E-state index in [2.05, 4.69) is 33.2 Å². The fraction of sp³-hybridized carbons (Fsp3) is 0.167. The highest BCUT2D eigenvalue weighted by Gasteiger charge is 2.19. The Hall–Kier alpha value is -2.42. The molecule has 0 unspecified atom stereocenters. The Balaban J connectivity index is 1.88. The Labute approximate surface area is 159 Å². The minimum absolute atomic E-state index is 0.232. The van der Waals surface area contributed by atoms with Crippen LogP contribution in [-0.4, -0.2) is 30.3 Å². The van der Waals surface area contributed by atoms with Crippen molar-refractivity contribution in [2.24, 2.45) is 5.73 Å². The number of primary amides is 1. The summed E-state index contributed by atoms with van der Waals surface area (Å²) in [6.45, 7) is -0.232. The molecule has 4 N–H and O–H groups in total. The topological polar surface area (TPSA) is 101 Å². The van der Waals surface area contributed by atoms with Gasteiger partial charge >= 0.3 is 0 Å². The van der Waals surface area contributed by atoms with Crippen molar-refractivity contribution in [3.05, 3.63) is 69.3 Å². The van der Waals surface area contributed by atoms with Gasteiger partial charge in [0.25, 0.3) is 5.91 Å². The number of nitrogens with two attached hydrogens (primary N) is 1. The number of carbonyl (C=O) groups excluding carboxylic acids is 3. The molecule has 0 saturated heterocycles. The number of hydrogen-bond donors (Lipinski definition) is 3. The van der Waals surface area contributed by atoms with Crippen molar-refractivity contribution in [1.29, 1.82) is 0 Å². The van der Waals surface area contributed by atoms with Crippen molar-refractivity contribution >= 4 is 40.3 Å². The summed E-state index contributed by atoms with van der Waals surface area (Å²) in [6, 6.07) is 15.3. The molecular weight excluding hydrogens is 433 g/mol. The van der Waals surface area contributed by atoms with Crippen LogP contribution < -0.4 is 16.4 Å². The van der Waals surface area contributed by atoms with E-state index >= 15 is 0 Å². The summed E-state index contributed by atoms with van der Waals surface area (Å²) in [7, 11) is 0. The maximum atomic E-state index is 12.0. The van der Waals surface area contributed by atoms with E-state index in [1.807, 2.05) is 24.3 Å². The van der Waals surface area contributed by atoms with Crippen LogP contribution in [0.15, 0.2) is 54.6 Å². The second-order valence-electron chi connectivity index (χ2n) is 5.40. The van der Waals surface area contributed by atoms with Crippen molar-refractivity contribution in [3.8, 4) is 0 Å². The Morgan fingerprint density at radius 3 is 2.24 bits per heavy atom. The highest BCUT2D eigenvalue weighted by Crippen LogP contribution is 2.09. The van der Waals surface area contributed by atoms with Gasteiger partial charge in [0.1, 0.15) is 6.04 Å². The number of nitrogens with one attached hydrogen (secondary N) is 2. The third-order valence-electron chi connectivity index (χ3n) is 3.48. The molecule has 0 aliphatic heterocycles. The number of hydrogen-bond acceptors (Lipinski definition) is 3. The third kappa shape index (κ3) is 6.18. The zero-order valence-electron chi connectivity index (χ0n) is 13.4. The molecule has 2 aromatic rings. The highest BCUT2D eigenvalue weighted by molar-refractivity contribution is 14.1. The van der Waals surface area contributed by atoms with Crippen LogP contribution in [-0.2, 0) is 16.0 Å². The van der Waals surface area contributed by atoms with E-state index in [1.165, 1.54) is 0 Å². The normalized spacial score (nSPS) is 11.4. The van der Waals surface area contributed by atoms with E-state index in [0.29, 0.717) is 12.0 Å². The molecule has 6 nitrogen and oxygen atoms in total. The van der Waals surface area contributed by atoms with E-state index in [4.69, 9.17) is 5.73 Å². The summed E-state index contributed by atoms with van der Waals surface area (Å²) in [5.74, 6) is -1.45. The van der Waals surface area contributed by atoms with Gasteiger partial charge in [-0.3, -0.25) is 14.4 Å². The lowest BCUT2D eigenvalue weighted by Crippen LogP contribution is -2.49. The van der Waals surface area contributed by atoms with Crippen molar-refractivity contribution in [3.63, 3.8) is 0 Å². The van der Waals surface area contributed by atoms with E-state index in [-0.39, 0.29) is 12.5 Å². The first kappa shape index (κ1) is 18.9. The van der Waals surface area contributed by atoms with Crippen molar-refractivity contribution < 1.29 is 14.4 Å². The van der Waals surface area contributed by atoms with Crippen LogP contribution in [0.5, 0.6) is 0 Å². The Morgan fingerprint density at radius 2 is 1.64 bits per heavy atom. The monoisotopic (exact) mass is 451 g/mol. The summed E-state index contributed by atoms with van der Waals surface area (Å²) < 4.78 is 1.07. The number of halogens is 1. The first-order chi connectivity index (χ1) is 12.0. The zero-order valence-corrected chi connectivity index (χ0v) is 15.5. The molecule has 0 spiro atoms. The molecule has 0 bridgehead atoms. The van der Waals surface area contributed by atoms with Crippen LogP contribution >= 0.6 is 22.6 Å². The van der Waals surface area contributed by atoms with Gasteiger partial charge in [0.05, 0.1) is 6.54 Å². The summed E-state index contributed by atoms with van der Waals surface area (Å²) in [5, 5.41) is 5.07. The largest absolute Gasteiger partial charge is 0.368 e. The molecule has 0 fully saturated rings. The van der Waals surface area contributed by atoms with Gasteiger partial charge < -0.3 is 16.4 Å². The van der Waals surface area contributed by atoms with Gasteiger partial charge in [-0.25, -0.2) is 0 Å². The molecule has 0 radical (unpaired) electrons.